The summed E-state index contributed by atoms with van der Waals surface area (Å²) in [5.41, 5.74) is 5.89. The lowest BCUT2D eigenvalue weighted by Crippen LogP contribution is -2.30. The van der Waals surface area contributed by atoms with Gasteiger partial charge in [-0.05, 0) is 49.4 Å². The molecule has 0 saturated heterocycles. The van der Waals surface area contributed by atoms with E-state index in [1.807, 2.05) is 0 Å². The third kappa shape index (κ3) is 4.95. The lowest BCUT2D eigenvalue weighted by atomic mass is 10.1. The second-order valence-corrected chi connectivity index (χ2v) is 5.95. The van der Waals surface area contributed by atoms with E-state index in [0.29, 0.717) is 15.7 Å². The van der Waals surface area contributed by atoms with Crippen molar-refractivity contribution in [1.29, 1.82) is 0 Å². The molecule has 1 unspecified atom stereocenters. The van der Waals surface area contributed by atoms with Crippen LogP contribution in [-0.4, -0.2) is 23.9 Å². The first-order valence-electron chi connectivity index (χ1n) is 7.14. The summed E-state index contributed by atoms with van der Waals surface area (Å²) >= 11 is 11.8. The average Bonchev–Trinajstić information content (AvgIpc) is 2.58. The lowest BCUT2D eigenvalue weighted by Gasteiger charge is -2.14. The number of carbonyl (C=O) groups is 3. The second-order valence-electron chi connectivity index (χ2n) is 5.10. The third-order valence-electron chi connectivity index (χ3n) is 3.24. The molecule has 0 heterocycles. The Morgan fingerprint density at radius 3 is 2.24 bits per heavy atom. The molecule has 25 heavy (non-hydrogen) atoms. The SMILES string of the molecule is CC(OC(=O)c1ccc(C(N)=O)cc1)C(=O)Nc1cc(Cl)ccc1Cl. The monoisotopic (exact) mass is 380 g/mol. The molecule has 0 bridgehead atoms. The fraction of sp³-hybridized carbons (Fsp3) is 0.118. The molecule has 0 aliphatic carbocycles. The van der Waals surface area contributed by atoms with Gasteiger partial charge in [0.2, 0.25) is 5.91 Å². The summed E-state index contributed by atoms with van der Waals surface area (Å²) in [6.45, 7) is 1.42. The predicted octanol–water partition coefficient (Wildman–Crippen LogP) is 3.28. The normalized spacial score (nSPS) is 11.5. The molecular formula is C17H14Cl2N2O4. The van der Waals surface area contributed by atoms with Crippen LogP contribution >= 0.6 is 23.2 Å². The molecule has 2 aromatic carbocycles. The quantitative estimate of drug-likeness (QED) is 0.777. The Balaban J connectivity index is 2.01. The molecule has 0 radical (unpaired) electrons. The Labute approximate surface area is 153 Å². The molecule has 130 valence electrons. The number of carbonyl (C=O) groups excluding carboxylic acids is 3. The Morgan fingerprint density at radius 2 is 1.64 bits per heavy atom. The molecule has 0 fully saturated rings. The van der Waals surface area contributed by atoms with Crippen molar-refractivity contribution < 1.29 is 19.1 Å². The maximum Gasteiger partial charge on any atom is 0.338 e. The summed E-state index contributed by atoms with van der Waals surface area (Å²) in [6, 6.07) is 10.2. The average molecular weight is 381 g/mol. The minimum atomic E-state index is -1.07. The van der Waals surface area contributed by atoms with Gasteiger partial charge in [-0.1, -0.05) is 23.2 Å². The summed E-state index contributed by atoms with van der Waals surface area (Å²) in [7, 11) is 0. The van der Waals surface area contributed by atoms with E-state index < -0.39 is 23.9 Å². The molecule has 1 atom stereocenters. The van der Waals surface area contributed by atoms with Gasteiger partial charge in [-0.3, -0.25) is 9.59 Å². The first kappa shape index (κ1) is 18.8. The second kappa shape index (κ2) is 8.00. The first-order chi connectivity index (χ1) is 11.8. The van der Waals surface area contributed by atoms with Crippen molar-refractivity contribution in [3.63, 3.8) is 0 Å². The zero-order valence-corrected chi connectivity index (χ0v) is 14.6. The predicted molar refractivity (Wildman–Crippen MR) is 94.9 cm³/mol. The van der Waals surface area contributed by atoms with Crippen molar-refractivity contribution >= 4 is 46.7 Å². The maximum absolute atomic E-state index is 12.1. The third-order valence-corrected chi connectivity index (χ3v) is 3.81. The molecule has 2 amide bonds. The van der Waals surface area contributed by atoms with Gasteiger partial charge in [0, 0.05) is 10.6 Å². The summed E-state index contributed by atoms with van der Waals surface area (Å²) in [5, 5.41) is 3.24. The summed E-state index contributed by atoms with van der Waals surface area (Å²) in [5.74, 6) is -1.88. The number of ether oxygens (including phenoxy) is 1. The molecule has 3 N–H and O–H groups in total. The lowest BCUT2D eigenvalue weighted by molar-refractivity contribution is -0.123. The number of primary amides is 1. The number of benzene rings is 2. The summed E-state index contributed by atoms with van der Waals surface area (Å²) in [6.07, 6.45) is -1.07. The Bertz CT molecular complexity index is 822. The van der Waals surface area contributed by atoms with Crippen LogP contribution in [0.5, 0.6) is 0 Å². The van der Waals surface area contributed by atoms with Crippen LogP contribution < -0.4 is 11.1 Å². The fourth-order valence-electron chi connectivity index (χ4n) is 1.88. The van der Waals surface area contributed by atoms with Gasteiger partial charge in [-0.25, -0.2) is 4.79 Å². The van der Waals surface area contributed by atoms with E-state index in [-0.39, 0.29) is 11.1 Å². The van der Waals surface area contributed by atoms with Crippen LogP contribution in [-0.2, 0) is 9.53 Å². The van der Waals surface area contributed by atoms with Crippen molar-refractivity contribution in [2.45, 2.75) is 13.0 Å². The molecule has 0 spiro atoms. The number of esters is 1. The van der Waals surface area contributed by atoms with E-state index in [0.717, 1.165) is 0 Å². The minimum absolute atomic E-state index is 0.186. The molecule has 0 aromatic heterocycles. The van der Waals surface area contributed by atoms with Gasteiger partial charge in [0.05, 0.1) is 16.3 Å². The maximum atomic E-state index is 12.1. The highest BCUT2D eigenvalue weighted by Gasteiger charge is 2.20. The van der Waals surface area contributed by atoms with Crippen molar-refractivity contribution in [1.82, 2.24) is 0 Å². The number of hydrogen-bond acceptors (Lipinski definition) is 4. The number of hydrogen-bond donors (Lipinski definition) is 2. The van der Waals surface area contributed by atoms with Crippen LogP contribution in [0.1, 0.15) is 27.6 Å². The van der Waals surface area contributed by atoms with E-state index >= 15 is 0 Å². The van der Waals surface area contributed by atoms with E-state index in [2.05, 4.69) is 5.32 Å². The Morgan fingerprint density at radius 1 is 1.04 bits per heavy atom. The van der Waals surface area contributed by atoms with Crippen LogP contribution in [0, 0.1) is 0 Å². The number of rotatable bonds is 5. The fourth-order valence-corrected chi connectivity index (χ4v) is 2.22. The van der Waals surface area contributed by atoms with Crippen LogP contribution in [0.25, 0.3) is 0 Å². The molecule has 0 saturated carbocycles. The molecular weight excluding hydrogens is 367 g/mol. The highest BCUT2D eigenvalue weighted by Crippen LogP contribution is 2.25. The number of anilines is 1. The van der Waals surface area contributed by atoms with Gasteiger partial charge in [0.15, 0.2) is 6.10 Å². The van der Waals surface area contributed by atoms with Crippen LogP contribution in [0.4, 0.5) is 5.69 Å². The highest BCUT2D eigenvalue weighted by atomic mass is 35.5. The van der Waals surface area contributed by atoms with E-state index in [9.17, 15) is 14.4 Å². The van der Waals surface area contributed by atoms with Gasteiger partial charge < -0.3 is 15.8 Å². The Kier molecular flexibility index (Phi) is 6.01. The van der Waals surface area contributed by atoms with Gasteiger partial charge in [-0.15, -0.1) is 0 Å². The standard InChI is InChI=1S/C17H14Cl2N2O4/c1-9(16(23)21-14-8-12(18)6-7-13(14)19)25-17(24)11-4-2-10(3-5-11)15(20)22/h2-9H,1H3,(H2,20,22)(H,21,23). The summed E-state index contributed by atoms with van der Waals surface area (Å²) < 4.78 is 5.10. The molecule has 0 aliphatic rings. The topological polar surface area (TPSA) is 98.5 Å². The molecule has 6 nitrogen and oxygen atoms in total. The molecule has 2 rings (SSSR count). The number of nitrogens with two attached hydrogens (primary N) is 1. The van der Waals surface area contributed by atoms with Gasteiger partial charge >= 0.3 is 5.97 Å². The van der Waals surface area contributed by atoms with Gasteiger partial charge in [-0.2, -0.15) is 0 Å². The largest absolute Gasteiger partial charge is 0.449 e. The first-order valence-corrected chi connectivity index (χ1v) is 7.90. The van der Waals surface area contributed by atoms with Gasteiger partial charge in [0.1, 0.15) is 0 Å². The number of amides is 2. The van der Waals surface area contributed by atoms with Crippen molar-refractivity contribution in [2.24, 2.45) is 5.73 Å². The molecule has 8 heteroatoms. The van der Waals surface area contributed by atoms with E-state index in [4.69, 9.17) is 33.7 Å². The molecule has 0 aliphatic heterocycles. The summed E-state index contributed by atoms with van der Waals surface area (Å²) in [4.78, 5) is 35.2. The van der Waals surface area contributed by atoms with Crippen molar-refractivity contribution in [3.8, 4) is 0 Å². The van der Waals surface area contributed by atoms with Crippen molar-refractivity contribution in [3.05, 3.63) is 63.6 Å². The zero-order chi connectivity index (χ0) is 18.6. The van der Waals surface area contributed by atoms with Crippen LogP contribution in [0.3, 0.4) is 0 Å². The number of nitrogens with one attached hydrogen (secondary N) is 1. The number of halogens is 2. The minimum Gasteiger partial charge on any atom is -0.449 e. The zero-order valence-electron chi connectivity index (χ0n) is 13.1. The smallest absolute Gasteiger partial charge is 0.338 e. The van der Waals surface area contributed by atoms with Gasteiger partial charge in [0.25, 0.3) is 5.91 Å². The van der Waals surface area contributed by atoms with E-state index in [1.165, 1.54) is 43.3 Å². The van der Waals surface area contributed by atoms with Crippen LogP contribution in [0.2, 0.25) is 10.0 Å². The van der Waals surface area contributed by atoms with E-state index in [1.54, 1.807) is 6.07 Å². The molecule has 2 aromatic rings. The van der Waals surface area contributed by atoms with Crippen LogP contribution in [0.15, 0.2) is 42.5 Å². The Hall–Kier alpha value is -2.57. The van der Waals surface area contributed by atoms with Crippen molar-refractivity contribution in [2.75, 3.05) is 5.32 Å². The highest BCUT2D eigenvalue weighted by molar-refractivity contribution is 6.35.